The molecule has 0 aliphatic rings. The molecule has 0 saturated heterocycles. The minimum Gasteiger partial charge on any atom is -0.494 e. The number of carbonyl (C=O) groups is 1. The number of hydrogen-bond donors (Lipinski definition) is 1. The molecule has 0 radical (unpaired) electrons. The fourth-order valence-electron chi connectivity index (χ4n) is 2.59. The molecule has 6 heteroatoms. The monoisotopic (exact) mass is 359 g/mol. The summed E-state index contributed by atoms with van der Waals surface area (Å²) in [5.74, 6) is 1.90. The van der Waals surface area contributed by atoms with Gasteiger partial charge in [-0.2, -0.15) is 0 Å². The maximum atomic E-state index is 12.6. The highest BCUT2D eigenvalue weighted by molar-refractivity contribution is 5.95. The number of amides is 1. The molecule has 0 aliphatic carbocycles. The van der Waals surface area contributed by atoms with E-state index in [9.17, 15) is 4.79 Å². The van der Waals surface area contributed by atoms with Crippen LogP contribution < -0.4 is 24.3 Å². The fourth-order valence-corrected chi connectivity index (χ4v) is 2.59. The van der Waals surface area contributed by atoms with E-state index in [4.69, 9.17) is 18.9 Å². The molecular weight excluding hydrogens is 334 g/mol. The lowest BCUT2D eigenvalue weighted by atomic mass is 10.1. The van der Waals surface area contributed by atoms with Crippen LogP contribution in [0.4, 0.5) is 0 Å². The van der Waals surface area contributed by atoms with E-state index in [2.05, 4.69) is 5.32 Å². The number of benzene rings is 2. The number of methoxy groups -OCH3 is 3. The maximum Gasteiger partial charge on any atom is 0.252 e. The van der Waals surface area contributed by atoms with Gasteiger partial charge in [0.1, 0.15) is 5.75 Å². The first-order chi connectivity index (χ1) is 12.5. The van der Waals surface area contributed by atoms with Crippen molar-refractivity contribution in [2.24, 2.45) is 0 Å². The molecule has 140 valence electrons. The average molecular weight is 359 g/mol. The second kappa shape index (κ2) is 8.99. The summed E-state index contributed by atoms with van der Waals surface area (Å²) < 4.78 is 21.3. The van der Waals surface area contributed by atoms with Crippen LogP contribution in [0.5, 0.6) is 23.0 Å². The summed E-state index contributed by atoms with van der Waals surface area (Å²) in [6.45, 7) is 4.48. The van der Waals surface area contributed by atoms with Gasteiger partial charge in [0.15, 0.2) is 11.5 Å². The molecule has 2 aromatic carbocycles. The van der Waals surface area contributed by atoms with Crippen molar-refractivity contribution in [2.75, 3.05) is 27.9 Å². The van der Waals surface area contributed by atoms with Crippen LogP contribution in [0.3, 0.4) is 0 Å². The molecule has 0 spiro atoms. The van der Waals surface area contributed by atoms with E-state index in [1.54, 1.807) is 12.1 Å². The van der Waals surface area contributed by atoms with Crippen molar-refractivity contribution < 1.29 is 23.7 Å². The molecule has 0 aromatic heterocycles. The third kappa shape index (κ3) is 4.39. The molecule has 0 aliphatic heterocycles. The lowest BCUT2D eigenvalue weighted by Gasteiger charge is -2.17. The Balaban J connectivity index is 2.18. The first kappa shape index (κ1) is 19.4. The molecule has 6 nitrogen and oxygen atoms in total. The quantitative estimate of drug-likeness (QED) is 0.780. The van der Waals surface area contributed by atoms with Crippen LogP contribution in [0.15, 0.2) is 36.4 Å². The normalized spacial score (nSPS) is 11.4. The van der Waals surface area contributed by atoms with E-state index < -0.39 is 0 Å². The Morgan fingerprint density at radius 1 is 1.00 bits per heavy atom. The van der Waals surface area contributed by atoms with Crippen LogP contribution in [-0.4, -0.2) is 33.8 Å². The Hall–Kier alpha value is -2.89. The molecule has 0 unspecified atom stereocenters. The van der Waals surface area contributed by atoms with Crippen LogP contribution in [0.1, 0.15) is 35.8 Å². The molecular formula is C20H25NO5. The predicted octanol–water partition coefficient (Wildman–Crippen LogP) is 3.60. The SMILES string of the molecule is CCOc1ccc([C@H](C)NC(=O)c2cc(OC)c(OC)c(OC)c2)cc1. The molecule has 1 amide bonds. The zero-order valence-electron chi connectivity index (χ0n) is 15.8. The van der Waals surface area contributed by atoms with Gasteiger partial charge in [0.2, 0.25) is 5.75 Å². The van der Waals surface area contributed by atoms with Crippen molar-refractivity contribution in [3.8, 4) is 23.0 Å². The number of carbonyl (C=O) groups excluding carboxylic acids is 1. The third-order valence-electron chi connectivity index (χ3n) is 3.97. The second-order valence-electron chi connectivity index (χ2n) is 5.61. The van der Waals surface area contributed by atoms with Gasteiger partial charge in [-0.3, -0.25) is 4.79 Å². The van der Waals surface area contributed by atoms with Gasteiger partial charge in [-0.05, 0) is 43.7 Å². The zero-order valence-corrected chi connectivity index (χ0v) is 15.8. The lowest BCUT2D eigenvalue weighted by molar-refractivity contribution is 0.0939. The Morgan fingerprint density at radius 3 is 2.04 bits per heavy atom. The molecule has 1 N–H and O–H groups in total. The summed E-state index contributed by atoms with van der Waals surface area (Å²) in [4.78, 5) is 12.6. The van der Waals surface area contributed by atoms with Crippen molar-refractivity contribution in [3.05, 3.63) is 47.5 Å². The number of hydrogen-bond acceptors (Lipinski definition) is 5. The van der Waals surface area contributed by atoms with Crippen LogP contribution in [0.2, 0.25) is 0 Å². The van der Waals surface area contributed by atoms with E-state index in [1.807, 2.05) is 38.1 Å². The minimum absolute atomic E-state index is 0.169. The Bertz CT molecular complexity index is 717. The van der Waals surface area contributed by atoms with Gasteiger partial charge in [-0.15, -0.1) is 0 Å². The van der Waals surface area contributed by atoms with Gasteiger partial charge in [0.05, 0.1) is 34.0 Å². The molecule has 0 bridgehead atoms. The highest BCUT2D eigenvalue weighted by Crippen LogP contribution is 2.38. The summed E-state index contributed by atoms with van der Waals surface area (Å²) in [6.07, 6.45) is 0. The Kier molecular flexibility index (Phi) is 6.72. The molecule has 26 heavy (non-hydrogen) atoms. The predicted molar refractivity (Wildman–Crippen MR) is 99.6 cm³/mol. The molecule has 0 heterocycles. The van der Waals surface area contributed by atoms with Crippen LogP contribution in [0, 0.1) is 0 Å². The minimum atomic E-state index is -0.231. The maximum absolute atomic E-state index is 12.6. The highest BCUT2D eigenvalue weighted by Gasteiger charge is 2.18. The van der Waals surface area contributed by atoms with Crippen molar-refractivity contribution in [1.29, 1.82) is 0 Å². The fraction of sp³-hybridized carbons (Fsp3) is 0.350. The van der Waals surface area contributed by atoms with E-state index in [0.717, 1.165) is 11.3 Å². The van der Waals surface area contributed by atoms with Crippen molar-refractivity contribution in [1.82, 2.24) is 5.32 Å². The molecule has 0 fully saturated rings. The zero-order chi connectivity index (χ0) is 19.1. The number of nitrogens with one attached hydrogen (secondary N) is 1. The van der Waals surface area contributed by atoms with Gasteiger partial charge in [-0.1, -0.05) is 12.1 Å². The van der Waals surface area contributed by atoms with Gasteiger partial charge < -0.3 is 24.3 Å². The smallest absolute Gasteiger partial charge is 0.252 e. The van der Waals surface area contributed by atoms with Gasteiger partial charge in [-0.25, -0.2) is 0 Å². The van der Waals surface area contributed by atoms with E-state index >= 15 is 0 Å². The first-order valence-corrected chi connectivity index (χ1v) is 8.37. The Labute approximate surface area is 154 Å². The summed E-state index contributed by atoms with van der Waals surface area (Å²) in [6, 6.07) is 10.7. The molecule has 1 atom stereocenters. The standard InChI is InChI=1S/C20H25NO5/c1-6-26-16-9-7-14(8-10-16)13(2)21-20(22)15-11-17(23-3)19(25-5)18(12-15)24-4/h7-13H,6H2,1-5H3,(H,21,22)/t13-/m0/s1. The third-order valence-corrected chi connectivity index (χ3v) is 3.97. The Morgan fingerprint density at radius 2 is 1.58 bits per heavy atom. The second-order valence-corrected chi connectivity index (χ2v) is 5.61. The molecule has 2 aromatic rings. The molecule has 0 saturated carbocycles. The summed E-state index contributed by atoms with van der Waals surface area (Å²) in [5.41, 5.74) is 1.41. The number of ether oxygens (including phenoxy) is 4. The van der Waals surface area contributed by atoms with E-state index in [1.165, 1.54) is 21.3 Å². The largest absolute Gasteiger partial charge is 0.494 e. The summed E-state index contributed by atoms with van der Waals surface area (Å²) in [5, 5.41) is 2.97. The van der Waals surface area contributed by atoms with Gasteiger partial charge in [0, 0.05) is 5.56 Å². The highest BCUT2D eigenvalue weighted by atomic mass is 16.5. The van der Waals surface area contributed by atoms with Crippen molar-refractivity contribution >= 4 is 5.91 Å². The van der Waals surface area contributed by atoms with Crippen LogP contribution >= 0.6 is 0 Å². The number of rotatable bonds is 8. The topological polar surface area (TPSA) is 66.0 Å². The summed E-state index contributed by atoms with van der Waals surface area (Å²) >= 11 is 0. The van der Waals surface area contributed by atoms with E-state index in [0.29, 0.717) is 29.4 Å². The van der Waals surface area contributed by atoms with Crippen LogP contribution in [0.25, 0.3) is 0 Å². The van der Waals surface area contributed by atoms with Gasteiger partial charge in [0.25, 0.3) is 5.91 Å². The van der Waals surface area contributed by atoms with Crippen molar-refractivity contribution in [2.45, 2.75) is 19.9 Å². The van der Waals surface area contributed by atoms with Gasteiger partial charge >= 0.3 is 0 Å². The first-order valence-electron chi connectivity index (χ1n) is 8.37. The lowest BCUT2D eigenvalue weighted by Crippen LogP contribution is -2.26. The van der Waals surface area contributed by atoms with E-state index in [-0.39, 0.29) is 11.9 Å². The molecule has 2 rings (SSSR count). The van der Waals surface area contributed by atoms with Crippen molar-refractivity contribution in [3.63, 3.8) is 0 Å². The van der Waals surface area contributed by atoms with Crippen LogP contribution in [-0.2, 0) is 0 Å². The average Bonchev–Trinajstić information content (AvgIpc) is 2.67. The summed E-state index contributed by atoms with van der Waals surface area (Å²) in [7, 11) is 4.55.